The predicted molar refractivity (Wildman–Crippen MR) is 99.7 cm³/mol. The van der Waals surface area contributed by atoms with Crippen LogP contribution in [0, 0.1) is 10.1 Å². The molecule has 26 heavy (non-hydrogen) atoms. The van der Waals surface area contributed by atoms with E-state index in [9.17, 15) is 19.7 Å². The van der Waals surface area contributed by atoms with E-state index in [4.69, 9.17) is 11.6 Å². The van der Waals surface area contributed by atoms with Crippen LogP contribution in [-0.2, 0) is 4.79 Å². The number of amides is 2. The molecule has 2 aromatic carbocycles. The molecule has 0 fully saturated rings. The minimum absolute atomic E-state index is 0.0207. The molecular formula is C17H17ClN4O4. The van der Waals surface area contributed by atoms with Gasteiger partial charge >= 0.3 is 0 Å². The zero-order chi connectivity index (χ0) is 19.3. The van der Waals surface area contributed by atoms with E-state index in [1.54, 1.807) is 44.4 Å². The number of nitrogens with one attached hydrogen (secondary N) is 2. The fourth-order valence-electron chi connectivity index (χ4n) is 2.14. The number of hydrogen-bond acceptors (Lipinski definition) is 5. The van der Waals surface area contributed by atoms with Gasteiger partial charge in [0.25, 0.3) is 11.6 Å². The summed E-state index contributed by atoms with van der Waals surface area (Å²) in [5.74, 6) is -0.537. The fourth-order valence-corrected chi connectivity index (χ4v) is 2.32. The molecule has 0 heterocycles. The van der Waals surface area contributed by atoms with Gasteiger partial charge in [-0.05, 0) is 30.3 Å². The Morgan fingerprint density at radius 3 is 2.54 bits per heavy atom. The van der Waals surface area contributed by atoms with Gasteiger partial charge < -0.3 is 15.5 Å². The van der Waals surface area contributed by atoms with Crippen molar-refractivity contribution in [2.24, 2.45) is 0 Å². The number of hydrogen-bond donors (Lipinski definition) is 2. The second kappa shape index (κ2) is 8.30. The molecule has 136 valence electrons. The van der Waals surface area contributed by atoms with Crippen LogP contribution in [-0.4, -0.2) is 42.3 Å². The van der Waals surface area contributed by atoms with Crippen LogP contribution in [0.15, 0.2) is 42.5 Å². The van der Waals surface area contributed by atoms with Crippen LogP contribution in [0.4, 0.5) is 17.1 Å². The molecule has 9 heteroatoms. The van der Waals surface area contributed by atoms with Crippen LogP contribution in [0.2, 0.25) is 5.02 Å². The van der Waals surface area contributed by atoms with E-state index in [-0.39, 0.29) is 29.1 Å². The number of nitro benzene ring substituents is 1. The topological polar surface area (TPSA) is 105 Å². The molecule has 2 amide bonds. The first-order valence-corrected chi connectivity index (χ1v) is 7.95. The summed E-state index contributed by atoms with van der Waals surface area (Å²) in [6.07, 6.45) is 0. The maximum absolute atomic E-state index is 12.1. The van der Waals surface area contributed by atoms with E-state index < -0.39 is 4.92 Å². The third-order valence-corrected chi connectivity index (χ3v) is 3.71. The van der Waals surface area contributed by atoms with Gasteiger partial charge in [-0.15, -0.1) is 0 Å². The molecule has 2 aromatic rings. The quantitative estimate of drug-likeness (QED) is 0.595. The number of halogens is 1. The van der Waals surface area contributed by atoms with Gasteiger partial charge in [0.1, 0.15) is 5.02 Å². The summed E-state index contributed by atoms with van der Waals surface area (Å²) in [4.78, 5) is 35.7. The molecule has 0 aliphatic carbocycles. The Labute approximate surface area is 154 Å². The predicted octanol–water partition coefficient (Wildman–Crippen LogP) is 3.00. The number of rotatable bonds is 6. The highest BCUT2D eigenvalue weighted by Gasteiger charge is 2.13. The summed E-state index contributed by atoms with van der Waals surface area (Å²) >= 11 is 5.74. The van der Waals surface area contributed by atoms with Crippen molar-refractivity contribution in [1.29, 1.82) is 0 Å². The first-order chi connectivity index (χ1) is 12.3. The van der Waals surface area contributed by atoms with Crippen LogP contribution in [0.25, 0.3) is 0 Å². The Bertz CT molecular complexity index is 854. The molecule has 0 unspecified atom stereocenters. The van der Waals surface area contributed by atoms with E-state index in [1.807, 2.05) is 0 Å². The summed E-state index contributed by atoms with van der Waals surface area (Å²) in [6.45, 7) is -0.107. The number of nitrogens with zero attached hydrogens (tertiary/aromatic N) is 2. The van der Waals surface area contributed by atoms with E-state index in [1.165, 1.54) is 17.0 Å². The van der Waals surface area contributed by atoms with Crippen molar-refractivity contribution in [2.75, 3.05) is 31.3 Å². The summed E-state index contributed by atoms with van der Waals surface area (Å²) in [5, 5.41) is 16.3. The SMILES string of the molecule is CN(C)C(=O)c1cccc(NC(=O)CNc2ccc(Cl)c([N+](=O)[O-])c2)c1. The van der Waals surface area contributed by atoms with Gasteiger partial charge in [-0.3, -0.25) is 19.7 Å². The van der Waals surface area contributed by atoms with Gasteiger partial charge in [-0.1, -0.05) is 17.7 Å². The second-order valence-electron chi connectivity index (χ2n) is 5.61. The van der Waals surface area contributed by atoms with E-state index in [0.29, 0.717) is 16.9 Å². The molecule has 0 aliphatic heterocycles. The standard InChI is InChI=1S/C17H17ClN4O4/c1-21(2)17(24)11-4-3-5-13(8-11)20-16(23)10-19-12-6-7-14(18)15(9-12)22(25)26/h3-9,19H,10H2,1-2H3,(H,20,23). The Hall–Kier alpha value is -3.13. The summed E-state index contributed by atoms with van der Waals surface area (Å²) in [7, 11) is 3.28. The number of anilines is 2. The fraction of sp³-hybridized carbons (Fsp3) is 0.176. The van der Waals surface area contributed by atoms with E-state index in [2.05, 4.69) is 10.6 Å². The minimum Gasteiger partial charge on any atom is -0.376 e. The van der Waals surface area contributed by atoms with E-state index >= 15 is 0 Å². The molecule has 0 saturated heterocycles. The minimum atomic E-state index is -0.596. The highest BCUT2D eigenvalue weighted by molar-refractivity contribution is 6.32. The number of benzene rings is 2. The molecule has 0 bridgehead atoms. The Balaban J connectivity index is 1.99. The van der Waals surface area contributed by atoms with Crippen LogP contribution in [0.3, 0.4) is 0 Å². The van der Waals surface area contributed by atoms with Crippen LogP contribution in [0.5, 0.6) is 0 Å². The molecule has 2 rings (SSSR count). The van der Waals surface area contributed by atoms with Crippen molar-refractivity contribution in [3.8, 4) is 0 Å². The van der Waals surface area contributed by atoms with Crippen molar-refractivity contribution >= 4 is 40.5 Å². The molecule has 0 atom stereocenters. The highest BCUT2D eigenvalue weighted by atomic mass is 35.5. The van der Waals surface area contributed by atoms with Crippen molar-refractivity contribution in [3.05, 3.63) is 63.2 Å². The number of carbonyl (C=O) groups is 2. The lowest BCUT2D eigenvalue weighted by Crippen LogP contribution is -2.23. The smallest absolute Gasteiger partial charge is 0.289 e. The van der Waals surface area contributed by atoms with Crippen LogP contribution >= 0.6 is 11.6 Å². The molecule has 0 radical (unpaired) electrons. The van der Waals surface area contributed by atoms with Crippen LogP contribution in [0.1, 0.15) is 10.4 Å². The largest absolute Gasteiger partial charge is 0.376 e. The van der Waals surface area contributed by atoms with Crippen molar-refractivity contribution in [2.45, 2.75) is 0 Å². The molecule has 0 aromatic heterocycles. The van der Waals surface area contributed by atoms with Crippen molar-refractivity contribution in [3.63, 3.8) is 0 Å². The average Bonchev–Trinajstić information content (AvgIpc) is 2.60. The lowest BCUT2D eigenvalue weighted by molar-refractivity contribution is -0.384. The van der Waals surface area contributed by atoms with Gasteiger partial charge in [-0.25, -0.2) is 0 Å². The van der Waals surface area contributed by atoms with Gasteiger partial charge in [0.05, 0.1) is 11.5 Å². The number of carbonyl (C=O) groups excluding carboxylic acids is 2. The van der Waals surface area contributed by atoms with Gasteiger partial charge in [0.2, 0.25) is 5.91 Å². The maximum Gasteiger partial charge on any atom is 0.289 e. The van der Waals surface area contributed by atoms with Gasteiger partial charge in [0, 0.05) is 37.1 Å². The summed E-state index contributed by atoms with van der Waals surface area (Å²) in [6, 6.07) is 10.7. The van der Waals surface area contributed by atoms with Gasteiger partial charge in [0.15, 0.2) is 0 Å². The Morgan fingerprint density at radius 1 is 1.15 bits per heavy atom. The van der Waals surface area contributed by atoms with Gasteiger partial charge in [-0.2, -0.15) is 0 Å². The number of nitro groups is 1. The second-order valence-corrected chi connectivity index (χ2v) is 6.01. The molecule has 0 saturated carbocycles. The highest BCUT2D eigenvalue weighted by Crippen LogP contribution is 2.27. The van der Waals surface area contributed by atoms with E-state index in [0.717, 1.165) is 0 Å². The first-order valence-electron chi connectivity index (χ1n) is 7.57. The summed E-state index contributed by atoms with van der Waals surface area (Å²) < 4.78 is 0. The third kappa shape index (κ3) is 4.93. The first kappa shape index (κ1) is 19.2. The zero-order valence-corrected chi connectivity index (χ0v) is 14.9. The molecular weight excluding hydrogens is 360 g/mol. The normalized spacial score (nSPS) is 10.1. The summed E-state index contributed by atoms with van der Waals surface area (Å²) in [5.41, 5.74) is 1.08. The molecule has 0 spiro atoms. The monoisotopic (exact) mass is 376 g/mol. The molecule has 0 aliphatic rings. The molecule has 8 nitrogen and oxygen atoms in total. The van der Waals surface area contributed by atoms with Crippen LogP contribution < -0.4 is 10.6 Å². The lowest BCUT2D eigenvalue weighted by Gasteiger charge is -2.12. The van der Waals surface area contributed by atoms with Crippen molar-refractivity contribution in [1.82, 2.24) is 4.90 Å². The maximum atomic E-state index is 12.1. The zero-order valence-electron chi connectivity index (χ0n) is 14.2. The Morgan fingerprint density at radius 2 is 1.88 bits per heavy atom. The Kier molecular flexibility index (Phi) is 6.13. The molecule has 2 N–H and O–H groups in total. The van der Waals surface area contributed by atoms with Crippen molar-refractivity contribution < 1.29 is 14.5 Å². The third-order valence-electron chi connectivity index (χ3n) is 3.40. The average molecular weight is 377 g/mol. The lowest BCUT2D eigenvalue weighted by atomic mass is 10.2.